The molecule has 0 bridgehead atoms. The molecule has 0 radical (unpaired) electrons. The first-order valence-corrected chi connectivity index (χ1v) is 28.1. The van der Waals surface area contributed by atoms with Crippen molar-refractivity contribution in [1.82, 2.24) is 0 Å². The van der Waals surface area contributed by atoms with E-state index in [4.69, 9.17) is 0 Å². The van der Waals surface area contributed by atoms with Gasteiger partial charge in [0, 0.05) is 22.2 Å². The molecule has 0 heterocycles. The van der Waals surface area contributed by atoms with Gasteiger partial charge in [-0.05, 0) is 158 Å². The van der Waals surface area contributed by atoms with Gasteiger partial charge in [0.25, 0.3) is 0 Å². The summed E-state index contributed by atoms with van der Waals surface area (Å²) in [6.07, 6.45) is 0. The molecule has 8 aromatic carbocycles. The van der Waals surface area contributed by atoms with Gasteiger partial charge in [0.2, 0.25) is 0 Å². The molecule has 8 aromatic rings. The number of hydrogen-bond donors (Lipinski definition) is 0. The smallest absolute Gasteiger partial charge is 0.0549 e. The van der Waals surface area contributed by atoms with Gasteiger partial charge in [-0.15, -0.1) is 0 Å². The predicted octanol–water partition coefficient (Wildman–Crippen LogP) is 21.9. The molecule has 0 N–H and O–H groups in total. The Morgan fingerprint density at radius 3 is 1.18 bits per heavy atom. The second-order valence-corrected chi connectivity index (χ2v) is 28.9. The Morgan fingerprint density at radius 2 is 0.671 bits per heavy atom. The van der Waals surface area contributed by atoms with Crippen molar-refractivity contribution in [2.45, 2.75) is 176 Å². The maximum Gasteiger partial charge on any atom is 0.0549 e. The zero-order chi connectivity index (χ0) is 55.3. The van der Waals surface area contributed by atoms with Crippen molar-refractivity contribution in [3.8, 4) is 55.6 Å². The van der Waals surface area contributed by atoms with Gasteiger partial charge >= 0.3 is 0 Å². The van der Waals surface area contributed by atoms with Crippen molar-refractivity contribution in [1.29, 1.82) is 0 Å². The first-order valence-electron chi connectivity index (χ1n) is 28.1. The van der Waals surface area contributed by atoms with Crippen molar-refractivity contribution in [2.24, 2.45) is 0 Å². The molecule has 0 saturated heterocycles. The van der Waals surface area contributed by atoms with Crippen molar-refractivity contribution >= 4 is 17.1 Å². The standard InChI is InChI=1S/C75H87N/c1-69(2,3)53-37-49(50-38-54(70(4,5)6)43-55(39-50)71(7,8)9)36-51(40-53)63-45-58(74(16,17)18)46-67(68(63)48-28-22-21-23-29-48)76(59-34-35-62-61-31-24-26-32-64(61)75(19,20)65(62)47-59)66-33-27-25-30-60(66)52-41-56(72(10,11)12)44-57(42-52)73(13,14)15/h21-47H,1-20H3. The molecular formula is C75H87N. The van der Waals surface area contributed by atoms with Gasteiger partial charge in [0.15, 0.2) is 0 Å². The molecule has 1 heteroatoms. The normalized spacial score (nSPS) is 13.9. The third-order valence-electron chi connectivity index (χ3n) is 16.3. The molecule has 1 aliphatic carbocycles. The Bertz CT molecular complexity index is 3410. The van der Waals surface area contributed by atoms with E-state index in [0.717, 1.165) is 17.1 Å². The fourth-order valence-corrected chi connectivity index (χ4v) is 11.2. The van der Waals surface area contributed by atoms with Gasteiger partial charge in [-0.1, -0.05) is 266 Å². The lowest BCUT2D eigenvalue weighted by atomic mass is 9.77. The molecule has 0 fully saturated rings. The third-order valence-corrected chi connectivity index (χ3v) is 16.3. The monoisotopic (exact) mass is 1000 g/mol. The summed E-state index contributed by atoms with van der Waals surface area (Å²) in [6, 6.07) is 64.0. The molecule has 0 unspecified atom stereocenters. The van der Waals surface area contributed by atoms with Gasteiger partial charge in [0.05, 0.1) is 11.4 Å². The van der Waals surface area contributed by atoms with E-state index >= 15 is 0 Å². The van der Waals surface area contributed by atoms with E-state index in [0.29, 0.717) is 0 Å². The van der Waals surface area contributed by atoms with E-state index in [1.54, 1.807) is 0 Å². The topological polar surface area (TPSA) is 3.24 Å². The van der Waals surface area contributed by atoms with Crippen LogP contribution in [-0.4, -0.2) is 0 Å². The largest absolute Gasteiger partial charge is 0.309 e. The molecule has 0 saturated carbocycles. The third kappa shape index (κ3) is 10.5. The molecule has 0 atom stereocenters. The molecule has 1 aliphatic rings. The zero-order valence-corrected chi connectivity index (χ0v) is 50.0. The van der Waals surface area contributed by atoms with Crippen LogP contribution in [0.2, 0.25) is 0 Å². The van der Waals surface area contributed by atoms with Crippen molar-refractivity contribution in [3.05, 3.63) is 208 Å². The Kier molecular flexibility index (Phi) is 13.5. The molecular weight excluding hydrogens is 915 g/mol. The second-order valence-electron chi connectivity index (χ2n) is 28.9. The van der Waals surface area contributed by atoms with Crippen LogP contribution < -0.4 is 4.90 Å². The highest BCUT2D eigenvalue weighted by atomic mass is 15.1. The van der Waals surface area contributed by atoms with Crippen LogP contribution in [0.25, 0.3) is 55.6 Å². The summed E-state index contributed by atoms with van der Waals surface area (Å²) >= 11 is 0. The maximum atomic E-state index is 2.63. The van der Waals surface area contributed by atoms with E-state index < -0.39 is 0 Å². The molecule has 0 aliphatic heterocycles. The fraction of sp³-hybridized carbons (Fsp3) is 0.360. The molecule has 0 spiro atoms. The van der Waals surface area contributed by atoms with Crippen LogP contribution in [-0.2, 0) is 37.9 Å². The number of rotatable bonds is 7. The summed E-state index contributed by atoms with van der Waals surface area (Å²) in [5.41, 5.74) is 25.9. The van der Waals surface area contributed by atoms with Crippen molar-refractivity contribution < 1.29 is 0 Å². The minimum Gasteiger partial charge on any atom is -0.309 e. The van der Waals surface area contributed by atoms with E-state index in [9.17, 15) is 0 Å². The van der Waals surface area contributed by atoms with Crippen LogP contribution in [0.3, 0.4) is 0 Å². The van der Waals surface area contributed by atoms with Crippen LogP contribution in [0.5, 0.6) is 0 Å². The summed E-state index contributed by atoms with van der Waals surface area (Å²) in [5, 5.41) is 0. The lowest BCUT2D eigenvalue weighted by molar-refractivity contribution is 0.568. The number of nitrogens with zero attached hydrogens (tertiary/aromatic N) is 1. The van der Waals surface area contributed by atoms with Crippen LogP contribution >= 0.6 is 0 Å². The molecule has 392 valence electrons. The van der Waals surface area contributed by atoms with Crippen LogP contribution in [0.15, 0.2) is 164 Å². The minimum absolute atomic E-state index is 0.0193. The SMILES string of the molecule is CC(C)(C)c1cc(-c2cc(C(C)(C)C)cc(C(C)(C)C)c2)cc(-c2cc(C(C)(C)C)cc(N(c3ccc4c(c3)C(C)(C)c3ccccc3-4)c3ccccc3-c3cc(C(C)(C)C)cc(C(C)(C)C)c3)c2-c2ccccc2)c1. The summed E-state index contributed by atoms with van der Waals surface area (Å²) < 4.78 is 0. The quantitative estimate of drug-likeness (QED) is 0.154. The zero-order valence-electron chi connectivity index (χ0n) is 50.0. The predicted molar refractivity (Wildman–Crippen MR) is 333 cm³/mol. The van der Waals surface area contributed by atoms with E-state index in [1.807, 2.05) is 0 Å². The van der Waals surface area contributed by atoms with Gasteiger partial charge in [0.1, 0.15) is 0 Å². The van der Waals surface area contributed by atoms with Gasteiger partial charge in [-0.25, -0.2) is 0 Å². The fourth-order valence-electron chi connectivity index (χ4n) is 11.2. The number of fused-ring (bicyclic) bond motifs is 3. The average molecular weight is 1000 g/mol. The summed E-state index contributed by atoms with van der Waals surface area (Å²) in [6.45, 7) is 47.2. The number of para-hydroxylation sites is 1. The number of benzene rings is 8. The molecule has 1 nitrogen and oxygen atoms in total. The summed E-state index contributed by atoms with van der Waals surface area (Å²) in [7, 11) is 0. The number of hydrogen-bond acceptors (Lipinski definition) is 1. The van der Waals surface area contributed by atoms with Gasteiger partial charge in [-0.3, -0.25) is 0 Å². The Balaban J connectivity index is 1.44. The van der Waals surface area contributed by atoms with Crippen molar-refractivity contribution in [3.63, 3.8) is 0 Å². The van der Waals surface area contributed by atoms with E-state index in [1.165, 1.54) is 100 Å². The van der Waals surface area contributed by atoms with E-state index in [2.05, 4.69) is 307 Å². The van der Waals surface area contributed by atoms with Crippen LogP contribution in [0, 0.1) is 0 Å². The molecule has 0 aromatic heterocycles. The Morgan fingerprint density at radius 1 is 0.276 bits per heavy atom. The Hall–Kier alpha value is -6.44. The first kappa shape index (κ1) is 54.4. The first-order chi connectivity index (χ1) is 35.2. The highest BCUT2D eigenvalue weighted by Gasteiger charge is 2.37. The second kappa shape index (κ2) is 18.9. The van der Waals surface area contributed by atoms with Gasteiger partial charge in [-0.2, -0.15) is 0 Å². The lowest BCUT2D eigenvalue weighted by Gasteiger charge is -2.34. The van der Waals surface area contributed by atoms with Crippen LogP contribution in [0.1, 0.15) is 183 Å². The van der Waals surface area contributed by atoms with Crippen LogP contribution in [0.4, 0.5) is 17.1 Å². The maximum absolute atomic E-state index is 2.63. The Labute approximate surface area is 459 Å². The number of anilines is 3. The van der Waals surface area contributed by atoms with E-state index in [-0.39, 0.29) is 37.9 Å². The summed E-state index contributed by atoms with van der Waals surface area (Å²) in [4.78, 5) is 2.63. The van der Waals surface area contributed by atoms with Crippen molar-refractivity contribution in [2.75, 3.05) is 4.90 Å². The highest BCUT2D eigenvalue weighted by Crippen LogP contribution is 2.54. The average Bonchev–Trinajstić information content (AvgIpc) is 3.65. The molecule has 76 heavy (non-hydrogen) atoms. The van der Waals surface area contributed by atoms with Gasteiger partial charge < -0.3 is 4.90 Å². The minimum atomic E-state index is -0.197. The highest BCUT2D eigenvalue weighted by molar-refractivity contribution is 6.01. The molecule has 9 rings (SSSR count). The molecule has 0 amide bonds. The summed E-state index contributed by atoms with van der Waals surface area (Å²) in [5.74, 6) is 0. The lowest BCUT2D eigenvalue weighted by Crippen LogP contribution is -2.19.